The molecule has 0 aliphatic carbocycles. The van der Waals surface area contributed by atoms with Crippen molar-refractivity contribution in [2.45, 2.75) is 12.3 Å². The number of carbonyl (C=O) groups is 1. The molecule has 2 heterocycles. The molecule has 0 unspecified atom stereocenters. The van der Waals surface area contributed by atoms with Crippen molar-refractivity contribution >= 4 is 50.8 Å². The lowest BCUT2D eigenvalue weighted by molar-refractivity contribution is -0.121. The molecule has 1 N–H and O–H groups in total. The van der Waals surface area contributed by atoms with Gasteiger partial charge in [-0.15, -0.1) is 11.3 Å². The molecule has 3 rings (SSSR count). The number of hydrogen-bond acceptors (Lipinski definition) is 5. The van der Waals surface area contributed by atoms with Gasteiger partial charge in [-0.05, 0) is 29.1 Å². The zero-order valence-electron chi connectivity index (χ0n) is 13.3. The first-order valence-electron chi connectivity index (χ1n) is 7.65. The fourth-order valence-corrected chi connectivity index (χ4v) is 3.97. The Morgan fingerprint density at radius 1 is 1.28 bits per heavy atom. The second-order valence-electron chi connectivity index (χ2n) is 5.34. The molecule has 5 nitrogen and oxygen atoms in total. The van der Waals surface area contributed by atoms with E-state index in [1.165, 1.54) is 27.8 Å². The molecule has 8 heteroatoms. The van der Waals surface area contributed by atoms with E-state index in [9.17, 15) is 9.59 Å². The van der Waals surface area contributed by atoms with E-state index in [1.54, 1.807) is 17.8 Å². The van der Waals surface area contributed by atoms with Crippen molar-refractivity contribution in [1.82, 2.24) is 14.9 Å². The van der Waals surface area contributed by atoms with Gasteiger partial charge >= 0.3 is 0 Å². The third-order valence-corrected chi connectivity index (χ3v) is 5.67. The number of nitrogens with one attached hydrogen (secondary N) is 1. The molecule has 0 saturated carbocycles. The third-order valence-electron chi connectivity index (χ3n) is 3.50. The normalized spacial score (nSPS) is 10.9. The summed E-state index contributed by atoms with van der Waals surface area (Å²) in [5.74, 6) is 1.48. The molecule has 0 atom stereocenters. The highest BCUT2D eigenvalue weighted by molar-refractivity contribution is 7.98. The maximum Gasteiger partial charge on any atom is 0.271 e. The first-order valence-corrected chi connectivity index (χ1v) is 10.1. The third kappa shape index (κ3) is 4.84. The van der Waals surface area contributed by atoms with Crippen molar-refractivity contribution in [3.8, 4) is 0 Å². The van der Waals surface area contributed by atoms with E-state index in [2.05, 4.69) is 10.3 Å². The van der Waals surface area contributed by atoms with Crippen molar-refractivity contribution in [2.75, 3.05) is 12.3 Å². The average Bonchev–Trinajstić information content (AvgIpc) is 3.08. The Hall–Kier alpha value is -1.83. The van der Waals surface area contributed by atoms with E-state index in [-0.39, 0.29) is 18.0 Å². The summed E-state index contributed by atoms with van der Waals surface area (Å²) in [4.78, 5) is 28.4. The summed E-state index contributed by atoms with van der Waals surface area (Å²) in [6, 6.07) is 9.52. The van der Waals surface area contributed by atoms with Crippen LogP contribution in [0, 0.1) is 0 Å². The van der Waals surface area contributed by atoms with Crippen LogP contribution in [0.3, 0.4) is 0 Å². The van der Waals surface area contributed by atoms with Crippen LogP contribution >= 0.6 is 34.7 Å². The maximum atomic E-state index is 12.2. The first kappa shape index (κ1) is 18.0. The Labute approximate surface area is 158 Å². The molecule has 0 radical (unpaired) electrons. The van der Waals surface area contributed by atoms with E-state index in [1.807, 2.05) is 29.6 Å². The quantitative estimate of drug-likeness (QED) is 0.626. The summed E-state index contributed by atoms with van der Waals surface area (Å²) in [5, 5.41) is 5.38. The van der Waals surface area contributed by atoms with Gasteiger partial charge < -0.3 is 5.32 Å². The highest BCUT2D eigenvalue weighted by Crippen LogP contribution is 2.15. The van der Waals surface area contributed by atoms with Gasteiger partial charge in [-0.3, -0.25) is 14.2 Å². The molecular weight excluding hydrogens is 378 g/mol. The fourth-order valence-electron chi connectivity index (χ4n) is 2.24. The fraction of sp³-hybridized carbons (Fsp3) is 0.235. The molecule has 0 bridgehead atoms. The largest absolute Gasteiger partial charge is 0.354 e. The molecule has 130 valence electrons. The van der Waals surface area contributed by atoms with Crippen molar-refractivity contribution < 1.29 is 4.79 Å². The number of thioether (sulfide) groups is 1. The van der Waals surface area contributed by atoms with Crippen molar-refractivity contribution in [3.05, 3.63) is 63.0 Å². The van der Waals surface area contributed by atoms with Gasteiger partial charge in [0.25, 0.3) is 5.56 Å². The standard InChI is InChI=1S/C17H16ClN3O2S2/c18-13-3-1-12(2-4-13)10-24-8-6-19-15(22)9-21-11-20-14-5-7-25-16(14)17(21)23/h1-5,7,11H,6,8-10H2,(H,19,22). The number of nitrogens with zero attached hydrogens (tertiary/aromatic N) is 2. The van der Waals surface area contributed by atoms with Crippen LogP contribution in [-0.2, 0) is 17.1 Å². The lowest BCUT2D eigenvalue weighted by Crippen LogP contribution is -2.33. The summed E-state index contributed by atoms with van der Waals surface area (Å²) >= 11 is 8.92. The highest BCUT2D eigenvalue weighted by atomic mass is 35.5. The predicted octanol–water partition coefficient (Wildman–Crippen LogP) is 3.16. The number of benzene rings is 1. The maximum absolute atomic E-state index is 12.2. The van der Waals surface area contributed by atoms with Gasteiger partial charge in [0.2, 0.25) is 5.91 Å². The van der Waals surface area contributed by atoms with E-state index in [0.717, 1.165) is 16.5 Å². The summed E-state index contributed by atoms with van der Waals surface area (Å²) < 4.78 is 1.92. The minimum absolute atomic E-state index is 0.0124. The highest BCUT2D eigenvalue weighted by Gasteiger charge is 2.08. The molecule has 0 fully saturated rings. The number of aromatic nitrogens is 2. The van der Waals surface area contributed by atoms with E-state index in [0.29, 0.717) is 16.8 Å². The van der Waals surface area contributed by atoms with E-state index in [4.69, 9.17) is 11.6 Å². The van der Waals surface area contributed by atoms with Crippen LogP contribution in [0.4, 0.5) is 0 Å². The number of halogens is 1. The van der Waals surface area contributed by atoms with Crippen molar-refractivity contribution in [2.24, 2.45) is 0 Å². The monoisotopic (exact) mass is 393 g/mol. The molecule has 2 aromatic heterocycles. The molecule has 0 spiro atoms. The van der Waals surface area contributed by atoms with Gasteiger partial charge in [0, 0.05) is 23.1 Å². The van der Waals surface area contributed by atoms with Gasteiger partial charge in [-0.1, -0.05) is 23.7 Å². The number of fused-ring (bicyclic) bond motifs is 1. The number of carbonyl (C=O) groups excluding carboxylic acids is 1. The Morgan fingerprint density at radius 2 is 2.08 bits per heavy atom. The van der Waals surface area contributed by atoms with E-state index < -0.39 is 0 Å². The van der Waals surface area contributed by atoms with Crippen LogP contribution in [0.5, 0.6) is 0 Å². The van der Waals surface area contributed by atoms with Gasteiger partial charge in [0.1, 0.15) is 11.2 Å². The van der Waals surface area contributed by atoms with Crippen LogP contribution in [-0.4, -0.2) is 27.8 Å². The molecule has 0 saturated heterocycles. The lowest BCUT2D eigenvalue weighted by Gasteiger charge is -2.07. The van der Waals surface area contributed by atoms with E-state index >= 15 is 0 Å². The summed E-state index contributed by atoms with van der Waals surface area (Å²) in [6.45, 7) is 0.544. The Bertz CT molecular complexity index is 922. The number of thiophene rings is 1. The molecule has 25 heavy (non-hydrogen) atoms. The molecular formula is C17H16ClN3O2S2. The van der Waals surface area contributed by atoms with Gasteiger partial charge in [0.05, 0.1) is 11.8 Å². The smallest absolute Gasteiger partial charge is 0.271 e. The summed E-state index contributed by atoms with van der Waals surface area (Å²) in [7, 11) is 0. The molecule has 1 aromatic carbocycles. The second-order valence-corrected chi connectivity index (χ2v) is 7.80. The minimum Gasteiger partial charge on any atom is -0.354 e. The second kappa shape index (κ2) is 8.51. The molecule has 3 aromatic rings. The Balaban J connectivity index is 1.42. The van der Waals surface area contributed by atoms with Crippen molar-refractivity contribution in [3.63, 3.8) is 0 Å². The Kier molecular flexibility index (Phi) is 6.12. The van der Waals surface area contributed by atoms with Crippen LogP contribution < -0.4 is 10.9 Å². The number of hydrogen-bond donors (Lipinski definition) is 1. The van der Waals surface area contributed by atoms with Crippen LogP contribution in [0.25, 0.3) is 10.2 Å². The zero-order valence-corrected chi connectivity index (χ0v) is 15.7. The van der Waals surface area contributed by atoms with Crippen LogP contribution in [0.2, 0.25) is 5.02 Å². The first-order chi connectivity index (χ1) is 12.1. The predicted molar refractivity (Wildman–Crippen MR) is 105 cm³/mol. The Morgan fingerprint density at radius 3 is 2.88 bits per heavy atom. The lowest BCUT2D eigenvalue weighted by atomic mass is 10.2. The number of rotatable bonds is 7. The topological polar surface area (TPSA) is 64.0 Å². The minimum atomic E-state index is -0.188. The average molecular weight is 394 g/mol. The number of amides is 1. The zero-order chi connectivity index (χ0) is 17.6. The SMILES string of the molecule is O=C(Cn1cnc2ccsc2c1=O)NCCSCc1ccc(Cl)cc1. The molecule has 1 amide bonds. The van der Waals surface area contributed by atoms with Crippen molar-refractivity contribution in [1.29, 1.82) is 0 Å². The summed E-state index contributed by atoms with van der Waals surface area (Å²) in [6.07, 6.45) is 1.42. The van der Waals surface area contributed by atoms with Gasteiger partial charge in [-0.25, -0.2) is 4.98 Å². The van der Waals surface area contributed by atoms with Gasteiger partial charge in [0.15, 0.2) is 0 Å². The molecule has 0 aliphatic rings. The van der Waals surface area contributed by atoms with Crippen LogP contribution in [0.1, 0.15) is 5.56 Å². The van der Waals surface area contributed by atoms with Crippen LogP contribution in [0.15, 0.2) is 46.8 Å². The molecule has 0 aliphatic heterocycles. The summed E-state index contributed by atoms with van der Waals surface area (Å²) in [5.41, 5.74) is 1.69. The van der Waals surface area contributed by atoms with Gasteiger partial charge in [-0.2, -0.15) is 11.8 Å².